The summed E-state index contributed by atoms with van der Waals surface area (Å²) < 4.78 is 13.4. The van der Waals surface area contributed by atoms with E-state index in [0.717, 1.165) is 4.47 Å². The SMILES string of the molecule is O=C(c1ccn(COc2ccc(Br)cc2)n1)N1CCN(C(=O)c2ccco2)CC1. The Kier molecular flexibility index (Phi) is 5.66. The monoisotopic (exact) mass is 458 g/mol. The van der Waals surface area contributed by atoms with Crippen molar-refractivity contribution in [2.24, 2.45) is 0 Å². The van der Waals surface area contributed by atoms with E-state index in [1.165, 1.54) is 6.26 Å². The van der Waals surface area contributed by atoms with Crippen molar-refractivity contribution in [2.75, 3.05) is 26.2 Å². The Hall–Kier alpha value is -3.07. The summed E-state index contributed by atoms with van der Waals surface area (Å²) in [5.41, 5.74) is 0.357. The summed E-state index contributed by atoms with van der Waals surface area (Å²) in [6.45, 7) is 2.03. The second kappa shape index (κ2) is 8.52. The smallest absolute Gasteiger partial charge is 0.289 e. The number of nitrogens with zero attached hydrogens (tertiary/aromatic N) is 4. The number of hydrogen-bond donors (Lipinski definition) is 0. The van der Waals surface area contributed by atoms with Gasteiger partial charge in [0.1, 0.15) is 5.75 Å². The van der Waals surface area contributed by atoms with Gasteiger partial charge < -0.3 is 19.0 Å². The first-order valence-electron chi connectivity index (χ1n) is 9.14. The summed E-state index contributed by atoms with van der Waals surface area (Å²) in [6.07, 6.45) is 3.19. The molecule has 2 amide bonds. The predicted molar refractivity (Wildman–Crippen MR) is 108 cm³/mol. The third-order valence-corrected chi connectivity index (χ3v) is 5.15. The Morgan fingerprint density at radius 2 is 1.69 bits per heavy atom. The molecule has 0 radical (unpaired) electrons. The van der Waals surface area contributed by atoms with Crippen LogP contribution in [0.3, 0.4) is 0 Å². The Bertz CT molecular complexity index is 976. The molecule has 0 spiro atoms. The fraction of sp³-hybridized carbons (Fsp3) is 0.250. The fourth-order valence-electron chi connectivity index (χ4n) is 3.05. The number of halogens is 1. The van der Waals surface area contributed by atoms with Gasteiger partial charge in [-0.3, -0.25) is 9.59 Å². The highest BCUT2D eigenvalue weighted by atomic mass is 79.9. The van der Waals surface area contributed by atoms with Crippen molar-refractivity contribution in [3.05, 3.63) is 70.9 Å². The van der Waals surface area contributed by atoms with Crippen LogP contribution in [0.1, 0.15) is 21.0 Å². The van der Waals surface area contributed by atoms with Gasteiger partial charge in [-0.1, -0.05) is 15.9 Å². The highest BCUT2D eigenvalue weighted by molar-refractivity contribution is 9.10. The quantitative estimate of drug-likeness (QED) is 0.586. The van der Waals surface area contributed by atoms with E-state index in [9.17, 15) is 9.59 Å². The van der Waals surface area contributed by atoms with E-state index in [1.807, 2.05) is 24.3 Å². The number of aromatic nitrogens is 2. The number of furan rings is 1. The van der Waals surface area contributed by atoms with Crippen molar-refractivity contribution in [3.63, 3.8) is 0 Å². The Labute approximate surface area is 175 Å². The number of carbonyl (C=O) groups is 2. The molecule has 1 saturated heterocycles. The van der Waals surface area contributed by atoms with Crippen LogP contribution in [0.25, 0.3) is 0 Å². The Morgan fingerprint density at radius 3 is 2.34 bits per heavy atom. The molecule has 2 aromatic heterocycles. The maximum Gasteiger partial charge on any atom is 0.289 e. The molecule has 3 heterocycles. The number of hydrogen-bond acceptors (Lipinski definition) is 5. The predicted octanol–water partition coefficient (Wildman–Crippen LogP) is 2.87. The molecule has 4 rings (SSSR count). The molecule has 1 fully saturated rings. The zero-order chi connectivity index (χ0) is 20.2. The highest BCUT2D eigenvalue weighted by Gasteiger charge is 2.27. The molecule has 0 bridgehead atoms. The lowest BCUT2D eigenvalue weighted by atomic mass is 10.2. The molecule has 8 nitrogen and oxygen atoms in total. The van der Waals surface area contributed by atoms with Crippen LogP contribution >= 0.6 is 15.9 Å². The summed E-state index contributed by atoms with van der Waals surface area (Å²) in [5.74, 6) is 0.720. The van der Waals surface area contributed by atoms with Crippen LogP contribution < -0.4 is 4.74 Å². The topological polar surface area (TPSA) is 80.8 Å². The molecule has 29 heavy (non-hydrogen) atoms. The van der Waals surface area contributed by atoms with E-state index in [0.29, 0.717) is 43.4 Å². The van der Waals surface area contributed by atoms with Crippen molar-refractivity contribution in [3.8, 4) is 5.75 Å². The van der Waals surface area contributed by atoms with E-state index in [4.69, 9.17) is 9.15 Å². The first kappa shape index (κ1) is 19.3. The average Bonchev–Trinajstić information content (AvgIpc) is 3.45. The van der Waals surface area contributed by atoms with Crippen molar-refractivity contribution in [1.29, 1.82) is 0 Å². The molecule has 0 saturated carbocycles. The van der Waals surface area contributed by atoms with E-state index in [-0.39, 0.29) is 18.5 Å². The summed E-state index contributed by atoms with van der Waals surface area (Å²) in [6, 6.07) is 12.5. The standard InChI is InChI=1S/C20H19BrN4O4/c21-15-3-5-16(6-4-15)29-14-25-8-7-17(22-25)19(26)23-9-11-24(12-10-23)20(27)18-2-1-13-28-18/h1-8,13H,9-12,14H2. The van der Waals surface area contributed by atoms with Crippen molar-refractivity contribution >= 4 is 27.7 Å². The van der Waals surface area contributed by atoms with Crippen LogP contribution in [0.2, 0.25) is 0 Å². The summed E-state index contributed by atoms with van der Waals surface area (Å²) in [7, 11) is 0. The Balaban J connectivity index is 1.30. The van der Waals surface area contributed by atoms with Gasteiger partial charge >= 0.3 is 0 Å². The number of piperazine rings is 1. The third-order valence-electron chi connectivity index (χ3n) is 4.62. The fourth-order valence-corrected chi connectivity index (χ4v) is 3.31. The summed E-state index contributed by atoms with van der Waals surface area (Å²) in [4.78, 5) is 28.4. The van der Waals surface area contributed by atoms with Gasteiger partial charge in [0.2, 0.25) is 0 Å². The van der Waals surface area contributed by atoms with Gasteiger partial charge in [0.05, 0.1) is 6.26 Å². The lowest BCUT2D eigenvalue weighted by Gasteiger charge is -2.33. The van der Waals surface area contributed by atoms with E-state index >= 15 is 0 Å². The third kappa shape index (κ3) is 4.51. The van der Waals surface area contributed by atoms with Crippen LogP contribution in [0, 0.1) is 0 Å². The first-order valence-corrected chi connectivity index (χ1v) is 9.93. The van der Waals surface area contributed by atoms with Crippen molar-refractivity contribution in [2.45, 2.75) is 6.73 Å². The minimum absolute atomic E-state index is 0.155. The van der Waals surface area contributed by atoms with Crippen molar-refractivity contribution in [1.82, 2.24) is 19.6 Å². The number of benzene rings is 1. The minimum Gasteiger partial charge on any atom is -0.471 e. The molecule has 1 aliphatic heterocycles. The van der Waals surface area contributed by atoms with E-state index in [1.54, 1.807) is 38.9 Å². The molecule has 0 aliphatic carbocycles. The van der Waals surface area contributed by atoms with Gasteiger partial charge in [-0.25, -0.2) is 4.68 Å². The van der Waals surface area contributed by atoms with E-state index in [2.05, 4.69) is 21.0 Å². The van der Waals surface area contributed by atoms with Gasteiger partial charge in [0.25, 0.3) is 11.8 Å². The molecule has 9 heteroatoms. The first-order chi connectivity index (χ1) is 14.1. The second-order valence-corrected chi connectivity index (χ2v) is 7.45. The van der Waals surface area contributed by atoms with E-state index < -0.39 is 0 Å². The molecule has 150 valence electrons. The normalized spacial score (nSPS) is 14.1. The molecule has 0 unspecified atom stereocenters. The van der Waals surface area contributed by atoms with Crippen LogP contribution in [0.5, 0.6) is 5.75 Å². The molecular formula is C20H19BrN4O4. The summed E-state index contributed by atoms with van der Waals surface area (Å²) in [5, 5.41) is 4.31. The van der Waals surface area contributed by atoms with Crippen LogP contribution in [-0.4, -0.2) is 57.6 Å². The van der Waals surface area contributed by atoms with Crippen LogP contribution in [0.4, 0.5) is 0 Å². The largest absolute Gasteiger partial charge is 0.471 e. The Morgan fingerprint density at radius 1 is 1.00 bits per heavy atom. The molecule has 3 aromatic rings. The van der Waals surface area contributed by atoms with Gasteiger partial charge in [-0.05, 0) is 42.5 Å². The highest BCUT2D eigenvalue weighted by Crippen LogP contribution is 2.16. The average molecular weight is 459 g/mol. The molecule has 0 N–H and O–H groups in total. The van der Waals surface area contributed by atoms with Gasteiger partial charge in [0, 0.05) is 36.8 Å². The van der Waals surface area contributed by atoms with Crippen LogP contribution in [-0.2, 0) is 6.73 Å². The van der Waals surface area contributed by atoms with Crippen molar-refractivity contribution < 1.29 is 18.7 Å². The lowest BCUT2D eigenvalue weighted by molar-refractivity contribution is 0.0514. The lowest BCUT2D eigenvalue weighted by Crippen LogP contribution is -2.50. The van der Waals surface area contributed by atoms with Gasteiger partial charge in [-0.2, -0.15) is 5.10 Å². The zero-order valence-electron chi connectivity index (χ0n) is 15.5. The molecule has 1 aromatic carbocycles. The number of carbonyl (C=O) groups excluding carboxylic acids is 2. The maximum absolute atomic E-state index is 12.7. The van der Waals surface area contributed by atoms with Gasteiger partial charge in [-0.15, -0.1) is 0 Å². The van der Waals surface area contributed by atoms with Gasteiger partial charge in [0.15, 0.2) is 18.2 Å². The molecular weight excluding hydrogens is 440 g/mol. The summed E-state index contributed by atoms with van der Waals surface area (Å²) >= 11 is 3.38. The number of amides is 2. The number of ether oxygens (including phenoxy) is 1. The molecule has 1 aliphatic rings. The minimum atomic E-state index is -0.156. The molecule has 0 atom stereocenters. The van der Waals surface area contributed by atoms with Crippen LogP contribution in [0.15, 0.2) is 63.8 Å². The number of rotatable bonds is 5. The maximum atomic E-state index is 12.7. The zero-order valence-corrected chi connectivity index (χ0v) is 17.1. The second-order valence-electron chi connectivity index (χ2n) is 6.53.